The Hall–Kier alpha value is -1.49. The quantitative estimate of drug-likeness (QED) is 0.901. The second kappa shape index (κ2) is 5.48. The first-order valence-corrected chi connectivity index (χ1v) is 7.17. The van der Waals surface area contributed by atoms with E-state index in [9.17, 15) is 13.6 Å². The number of likely N-dealkylation sites (tertiary alicyclic amines) is 1. The highest BCUT2D eigenvalue weighted by Crippen LogP contribution is 2.27. The van der Waals surface area contributed by atoms with Gasteiger partial charge in [0.25, 0.3) is 5.91 Å². The molecule has 0 radical (unpaired) electrons. The summed E-state index contributed by atoms with van der Waals surface area (Å²) in [5.74, 6) is -2.40. The predicted molar refractivity (Wildman–Crippen MR) is 71.4 cm³/mol. The molecule has 2 heterocycles. The lowest BCUT2D eigenvalue weighted by Crippen LogP contribution is -2.46. The number of halogens is 2. The third-order valence-electron chi connectivity index (χ3n) is 4.30. The molecule has 2 atom stereocenters. The van der Waals surface area contributed by atoms with Gasteiger partial charge < -0.3 is 10.2 Å². The van der Waals surface area contributed by atoms with Gasteiger partial charge in [-0.3, -0.25) is 4.79 Å². The third kappa shape index (κ3) is 2.30. The van der Waals surface area contributed by atoms with Crippen molar-refractivity contribution >= 4 is 5.91 Å². The normalized spacial score (nSPS) is 26.2. The van der Waals surface area contributed by atoms with E-state index >= 15 is 0 Å². The molecule has 1 amide bonds. The number of carbonyl (C=O) groups excluding carboxylic acids is 1. The molecule has 0 aliphatic carbocycles. The maximum atomic E-state index is 13.8. The van der Waals surface area contributed by atoms with E-state index in [1.165, 1.54) is 12.1 Å². The molecule has 0 aromatic heterocycles. The van der Waals surface area contributed by atoms with E-state index in [-0.39, 0.29) is 17.6 Å². The molecular formula is C15H18F2N2O. The average molecular weight is 280 g/mol. The summed E-state index contributed by atoms with van der Waals surface area (Å²) in [6.45, 7) is 1.59. The fraction of sp³-hybridized carbons (Fsp3) is 0.533. The van der Waals surface area contributed by atoms with Crippen LogP contribution in [-0.2, 0) is 0 Å². The molecule has 2 saturated heterocycles. The van der Waals surface area contributed by atoms with Crippen LogP contribution < -0.4 is 5.32 Å². The predicted octanol–water partition coefficient (Wildman–Crippen LogP) is 2.32. The lowest BCUT2D eigenvalue weighted by atomic mass is 10.0. The Balaban J connectivity index is 1.83. The molecule has 3 rings (SSSR count). The summed E-state index contributed by atoms with van der Waals surface area (Å²) in [7, 11) is 0. The highest BCUT2D eigenvalue weighted by Gasteiger charge is 2.37. The summed E-state index contributed by atoms with van der Waals surface area (Å²) in [5, 5.41) is 3.40. The summed E-state index contributed by atoms with van der Waals surface area (Å²) >= 11 is 0. The number of nitrogens with zero attached hydrogens (tertiary/aromatic N) is 1. The summed E-state index contributed by atoms with van der Waals surface area (Å²) in [6, 6.07) is 4.17. The number of benzene rings is 1. The van der Waals surface area contributed by atoms with Gasteiger partial charge >= 0.3 is 0 Å². The van der Waals surface area contributed by atoms with Gasteiger partial charge in [-0.15, -0.1) is 0 Å². The summed E-state index contributed by atoms with van der Waals surface area (Å²) < 4.78 is 27.0. The van der Waals surface area contributed by atoms with Crippen molar-refractivity contribution in [3.05, 3.63) is 35.4 Å². The van der Waals surface area contributed by atoms with Crippen molar-refractivity contribution in [2.45, 2.75) is 37.8 Å². The molecule has 2 unspecified atom stereocenters. The van der Waals surface area contributed by atoms with Gasteiger partial charge in [-0.2, -0.15) is 0 Å². The molecule has 0 bridgehead atoms. The number of carbonyl (C=O) groups is 1. The van der Waals surface area contributed by atoms with Crippen molar-refractivity contribution in [1.82, 2.24) is 10.2 Å². The first-order chi connectivity index (χ1) is 9.68. The number of hydrogen-bond donors (Lipinski definition) is 1. The van der Waals surface area contributed by atoms with Crippen LogP contribution in [0, 0.1) is 11.6 Å². The standard InChI is InChI=1S/C15H18F2N2O/c16-11-5-1-4-10(14(11)17)15(20)19-9-3-7-13(19)12-6-2-8-18-12/h1,4-5,12-13,18H,2-3,6-9H2. The maximum absolute atomic E-state index is 13.8. The van der Waals surface area contributed by atoms with E-state index in [4.69, 9.17) is 0 Å². The molecule has 1 N–H and O–H groups in total. The summed E-state index contributed by atoms with van der Waals surface area (Å²) in [5.41, 5.74) is -0.158. The van der Waals surface area contributed by atoms with Crippen LogP contribution in [0.3, 0.4) is 0 Å². The summed E-state index contributed by atoms with van der Waals surface area (Å²) in [4.78, 5) is 14.2. The van der Waals surface area contributed by atoms with E-state index in [0.717, 1.165) is 38.3 Å². The highest BCUT2D eigenvalue weighted by molar-refractivity contribution is 5.95. The zero-order valence-corrected chi connectivity index (χ0v) is 11.2. The largest absolute Gasteiger partial charge is 0.334 e. The second-order valence-corrected chi connectivity index (χ2v) is 5.51. The number of rotatable bonds is 2. The van der Waals surface area contributed by atoms with Gasteiger partial charge in [-0.25, -0.2) is 8.78 Å². The fourth-order valence-corrected chi connectivity index (χ4v) is 3.33. The highest BCUT2D eigenvalue weighted by atomic mass is 19.2. The van der Waals surface area contributed by atoms with Gasteiger partial charge in [0.05, 0.1) is 5.56 Å². The van der Waals surface area contributed by atoms with Crippen LogP contribution in [-0.4, -0.2) is 36.0 Å². The number of amides is 1. The van der Waals surface area contributed by atoms with Gasteiger partial charge in [0.15, 0.2) is 11.6 Å². The van der Waals surface area contributed by atoms with Gasteiger partial charge in [-0.1, -0.05) is 6.07 Å². The molecule has 1 aromatic carbocycles. The Bertz CT molecular complexity index is 515. The fourth-order valence-electron chi connectivity index (χ4n) is 3.33. The van der Waals surface area contributed by atoms with Crippen molar-refractivity contribution in [1.29, 1.82) is 0 Å². The van der Waals surface area contributed by atoms with E-state index in [0.29, 0.717) is 6.54 Å². The Kier molecular flexibility index (Phi) is 3.70. The Morgan fingerprint density at radius 2 is 2.10 bits per heavy atom. The smallest absolute Gasteiger partial charge is 0.257 e. The van der Waals surface area contributed by atoms with Crippen LogP contribution in [0.1, 0.15) is 36.0 Å². The van der Waals surface area contributed by atoms with E-state index in [1.807, 2.05) is 0 Å². The topological polar surface area (TPSA) is 32.3 Å². The summed E-state index contributed by atoms with van der Waals surface area (Å²) in [6.07, 6.45) is 4.00. The van der Waals surface area contributed by atoms with Crippen molar-refractivity contribution in [3.63, 3.8) is 0 Å². The molecule has 20 heavy (non-hydrogen) atoms. The van der Waals surface area contributed by atoms with E-state index < -0.39 is 17.5 Å². The molecule has 5 heteroatoms. The Morgan fingerprint density at radius 3 is 2.85 bits per heavy atom. The van der Waals surface area contributed by atoms with Crippen molar-refractivity contribution in [3.8, 4) is 0 Å². The molecule has 0 saturated carbocycles. The number of nitrogens with one attached hydrogen (secondary N) is 1. The van der Waals surface area contributed by atoms with Crippen molar-refractivity contribution in [2.24, 2.45) is 0 Å². The number of hydrogen-bond acceptors (Lipinski definition) is 2. The van der Waals surface area contributed by atoms with Crippen LogP contribution in [0.25, 0.3) is 0 Å². The first kappa shape index (κ1) is 13.5. The molecule has 2 aliphatic rings. The zero-order valence-electron chi connectivity index (χ0n) is 11.2. The van der Waals surface area contributed by atoms with Crippen LogP contribution in [0.2, 0.25) is 0 Å². The average Bonchev–Trinajstić information content (AvgIpc) is 3.10. The Labute approximate surface area is 117 Å². The molecular weight excluding hydrogens is 262 g/mol. The van der Waals surface area contributed by atoms with Crippen molar-refractivity contribution < 1.29 is 13.6 Å². The minimum atomic E-state index is -1.04. The first-order valence-electron chi connectivity index (χ1n) is 7.17. The lowest BCUT2D eigenvalue weighted by Gasteiger charge is -2.29. The molecule has 2 fully saturated rings. The van der Waals surface area contributed by atoms with E-state index in [1.54, 1.807) is 4.90 Å². The minimum Gasteiger partial charge on any atom is -0.334 e. The van der Waals surface area contributed by atoms with Crippen molar-refractivity contribution in [2.75, 3.05) is 13.1 Å². The SMILES string of the molecule is O=C(c1cccc(F)c1F)N1CCCC1C1CCCN1. The van der Waals surface area contributed by atoms with Crippen LogP contribution >= 0.6 is 0 Å². The van der Waals surface area contributed by atoms with Gasteiger partial charge in [0, 0.05) is 18.6 Å². The lowest BCUT2D eigenvalue weighted by molar-refractivity contribution is 0.0705. The van der Waals surface area contributed by atoms with E-state index in [2.05, 4.69) is 5.32 Å². The second-order valence-electron chi connectivity index (χ2n) is 5.51. The monoisotopic (exact) mass is 280 g/mol. The molecule has 3 nitrogen and oxygen atoms in total. The molecule has 0 spiro atoms. The minimum absolute atomic E-state index is 0.104. The van der Waals surface area contributed by atoms with Crippen LogP contribution in [0.15, 0.2) is 18.2 Å². The zero-order chi connectivity index (χ0) is 14.1. The van der Waals surface area contributed by atoms with Crippen LogP contribution in [0.5, 0.6) is 0 Å². The van der Waals surface area contributed by atoms with Gasteiger partial charge in [0.1, 0.15) is 0 Å². The van der Waals surface area contributed by atoms with Gasteiger partial charge in [-0.05, 0) is 44.4 Å². The van der Waals surface area contributed by atoms with Crippen LogP contribution in [0.4, 0.5) is 8.78 Å². The molecule has 2 aliphatic heterocycles. The van der Waals surface area contributed by atoms with Gasteiger partial charge in [0.2, 0.25) is 0 Å². The maximum Gasteiger partial charge on any atom is 0.257 e. The molecule has 108 valence electrons. The Morgan fingerprint density at radius 1 is 1.25 bits per heavy atom. The molecule has 1 aromatic rings. The third-order valence-corrected chi connectivity index (χ3v) is 4.30.